The maximum absolute atomic E-state index is 12.5. The van der Waals surface area contributed by atoms with Gasteiger partial charge in [0.25, 0.3) is 0 Å². The van der Waals surface area contributed by atoms with E-state index in [-0.39, 0.29) is 17.7 Å². The summed E-state index contributed by atoms with van der Waals surface area (Å²) in [6.45, 7) is 12.2. The molecule has 0 radical (unpaired) electrons. The van der Waals surface area contributed by atoms with Crippen LogP contribution in [-0.2, 0) is 14.3 Å². The molecule has 0 saturated heterocycles. The van der Waals surface area contributed by atoms with Crippen molar-refractivity contribution in [1.29, 1.82) is 0 Å². The molecule has 1 aromatic heterocycles. The Morgan fingerprint density at radius 3 is 2.22 bits per heavy atom. The number of rotatable bonds is 7. The van der Waals surface area contributed by atoms with E-state index in [2.05, 4.69) is 4.98 Å². The van der Waals surface area contributed by atoms with E-state index in [9.17, 15) is 14.4 Å². The zero-order valence-corrected chi connectivity index (χ0v) is 18.2. The van der Waals surface area contributed by atoms with Crippen molar-refractivity contribution >= 4 is 29.2 Å². The third kappa shape index (κ3) is 7.28. The summed E-state index contributed by atoms with van der Waals surface area (Å²) < 4.78 is 10.9. The van der Waals surface area contributed by atoms with E-state index in [1.165, 1.54) is 30.1 Å². The van der Waals surface area contributed by atoms with Crippen LogP contribution >= 0.6 is 11.3 Å². The van der Waals surface area contributed by atoms with E-state index in [0.717, 1.165) is 0 Å². The van der Waals surface area contributed by atoms with Crippen LogP contribution in [0.25, 0.3) is 0 Å². The van der Waals surface area contributed by atoms with Crippen LogP contribution in [0.4, 0.5) is 4.79 Å². The fraction of sp³-hybridized carbons (Fsp3) is 0.684. The number of hydrogen-bond donors (Lipinski definition) is 0. The minimum absolute atomic E-state index is 0.0906. The Morgan fingerprint density at radius 2 is 1.81 bits per heavy atom. The van der Waals surface area contributed by atoms with Gasteiger partial charge in [-0.1, -0.05) is 13.8 Å². The van der Waals surface area contributed by atoms with Gasteiger partial charge in [0.05, 0.1) is 0 Å². The first-order chi connectivity index (χ1) is 12.3. The number of ketones is 1. The molecule has 1 unspecified atom stereocenters. The molecule has 1 amide bonds. The van der Waals surface area contributed by atoms with Crippen LogP contribution in [0, 0.1) is 5.92 Å². The third-order valence-corrected chi connectivity index (χ3v) is 4.81. The predicted octanol–water partition coefficient (Wildman–Crippen LogP) is 4.23. The number of ether oxygens (including phenoxy) is 2. The van der Waals surface area contributed by atoms with Crippen molar-refractivity contribution in [3.8, 4) is 0 Å². The van der Waals surface area contributed by atoms with E-state index >= 15 is 0 Å². The van der Waals surface area contributed by atoms with Crippen LogP contribution in [0.1, 0.15) is 76.5 Å². The van der Waals surface area contributed by atoms with E-state index in [1.54, 1.807) is 12.4 Å². The Kier molecular flexibility index (Phi) is 7.95. The highest BCUT2D eigenvalue weighted by atomic mass is 32.1. The van der Waals surface area contributed by atoms with Crippen LogP contribution in [0.3, 0.4) is 0 Å². The number of hydrogen-bond acceptors (Lipinski definition) is 7. The molecule has 2 atom stereocenters. The second-order valence-electron chi connectivity index (χ2n) is 7.86. The van der Waals surface area contributed by atoms with Gasteiger partial charge in [-0.05, 0) is 26.7 Å². The molecular formula is C19H30N2O5S. The fourth-order valence-corrected chi connectivity index (χ4v) is 3.46. The largest absolute Gasteiger partial charge is 0.455 e. The molecule has 1 heterocycles. The number of Topliss-reactive ketones (excluding diaryl/α,β-unsaturated/α-hetero) is 1. The molecule has 152 valence electrons. The van der Waals surface area contributed by atoms with Crippen LogP contribution in [0.2, 0.25) is 0 Å². The monoisotopic (exact) mass is 398 g/mol. The van der Waals surface area contributed by atoms with Gasteiger partial charge < -0.3 is 14.4 Å². The summed E-state index contributed by atoms with van der Waals surface area (Å²) in [6, 6.07) is -0.242. The average molecular weight is 399 g/mol. The molecule has 0 aliphatic rings. The average Bonchev–Trinajstić information content (AvgIpc) is 2.98. The highest BCUT2D eigenvalue weighted by Crippen LogP contribution is 2.30. The summed E-state index contributed by atoms with van der Waals surface area (Å²) >= 11 is 1.27. The predicted molar refractivity (Wildman–Crippen MR) is 104 cm³/mol. The Labute approximate surface area is 165 Å². The second kappa shape index (κ2) is 9.30. The normalized spacial score (nSPS) is 13.8. The standard InChI is InChI=1S/C19H30N2O5S/c1-11(2)15(21(8)18(24)26-19(5,6)7)9-16(25-13(4)23)17-20-14(10-27-17)12(3)22/h10-11,15-16H,9H2,1-8H3/t15?,16-/m0/s1. The van der Waals surface area contributed by atoms with Crippen molar-refractivity contribution in [2.45, 2.75) is 72.6 Å². The van der Waals surface area contributed by atoms with Crippen molar-refractivity contribution in [2.24, 2.45) is 5.92 Å². The van der Waals surface area contributed by atoms with Gasteiger partial charge in [-0.3, -0.25) is 9.59 Å². The van der Waals surface area contributed by atoms with Crippen LogP contribution < -0.4 is 0 Å². The topological polar surface area (TPSA) is 85.8 Å². The summed E-state index contributed by atoms with van der Waals surface area (Å²) in [5.74, 6) is -0.500. The van der Waals surface area contributed by atoms with Gasteiger partial charge in [0.1, 0.15) is 16.3 Å². The fourth-order valence-electron chi connectivity index (χ4n) is 2.56. The van der Waals surface area contributed by atoms with Gasteiger partial charge in [0.2, 0.25) is 0 Å². The van der Waals surface area contributed by atoms with Crippen molar-refractivity contribution < 1.29 is 23.9 Å². The minimum atomic E-state index is -0.641. The lowest BCUT2D eigenvalue weighted by molar-refractivity contribution is -0.147. The second-order valence-corrected chi connectivity index (χ2v) is 8.75. The molecule has 7 nitrogen and oxygen atoms in total. The SMILES string of the molecule is CC(=O)O[C@@H](CC(C(C)C)N(C)C(=O)OC(C)(C)C)c1nc(C(C)=O)cs1. The molecule has 0 aliphatic carbocycles. The lowest BCUT2D eigenvalue weighted by atomic mass is 9.96. The van der Waals surface area contributed by atoms with Crippen molar-refractivity contribution in [3.63, 3.8) is 0 Å². The van der Waals surface area contributed by atoms with Gasteiger partial charge in [0.15, 0.2) is 11.9 Å². The molecule has 0 fully saturated rings. The summed E-state index contributed by atoms with van der Waals surface area (Å²) in [5, 5.41) is 2.19. The number of thiazole rings is 1. The Bertz CT molecular complexity index is 678. The van der Waals surface area contributed by atoms with Crippen LogP contribution in [0.5, 0.6) is 0 Å². The smallest absolute Gasteiger partial charge is 0.410 e. The van der Waals surface area contributed by atoms with Crippen LogP contribution in [0.15, 0.2) is 5.38 Å². The van der Waals surface area contributed by atoms with E-state index in [1.807, 2.05) is 34.6 Å². The Morgan fingerprint density at radius 1 is 1.22 bits per heavy atom. The molecule has 1 aromatic rings. The molecule has 0 aliphatic heterocycles. The molecule has 0 saturated carbocycles. The van der Waals surface area contributed by atoms with Crippen molar-refractivity contribution in [1.82, 2.24) is 9.88 Å². The van der Waals surface area contributed by atoms with E-state index < -0.39 is 23.8 Å². The van der Waals surface area contributed by atoms with Gasteiger partial charge in [-0.2, -0.15) is 0 Å². The van der Waals surface area contributed by atoms with Crippen molar-refractivity contribution in [2.75, 3.05) is 7.05 Å². The lowest BCUT2D eigenvalue weighted by Gasteiger charge is -2.34. The first-order valence-electron chi connectivity index (χ1n) is 8.91. The number of carbonyl (C=O) groups excluding carboxylic acids is 3. The first-order valence-corrected chi connectivity index (χ1v) is 9.79. The summed E-state index contributed by atoms with van der Waals surface area (Å²) in [6.07, 6.45) is -0.720. The molecule has 0 N–H and O–H groups in total. The zero-order chi connectivity index (χ0) is 20.9. The van der Waals surface area contributed by atoms with Gasteiger partial charge in [0, 0.05) is 38.7 Å². The number of nitrogens with zero attached hydrogens (tertiary/aromatic N) is 2. The quantitative estimate of drug-likeness (QED) is 0.505. The highest BCUT2D eigenvalue weighted by Gasteiger charge is 2.32. The Balaban J connectivity index is 3.07. The molecule has 27 heavy (non-hydrogen) atoms. The molecule has 0 bridgehead atoms. The maximum Gasteiger partial charge on any atom is 0.410 e. The molecule has 8 heteroatoms. The molecule has 0 aromatic carbocycles. The zero-order valence-electron chi connectivity index (χ0n) is 17.4. The first kappa shape index (κ1) is 23.1. The maximum atomic E-state index is 12.5. The Hall–Kier alpha value is -1.96. The summed E-state index contributed by atoms with van der Waals surface area (Å²) in [5.41, 5.74) is -0.262. The number of carbonyl (C=O) groups is 3. The highest BCUT2D eigenvalue weighted by molar-refractivity contribution is 7.09. The number of aromatic nitrogens is 1. The van der Waals surface area contributed by atoms with E-state index in [4.69, 9.17) is 9.47 Å². The van der Waals surface area contributed by atoms with E-state index in [0.29, 0.717) is 17.1 Å². The lowest BCUT2D eigenvalue weighted by Crippen LogP contribution is -2.44. The van der Waals surface area contributed by atoms with Gasteiger partial charge >= 0.3 is 12.1 Å². The number of amides is 1. The minimum Gasteiger partial charge on any atom is -0.455 e. The molecule has 0 spiro atoms. The van der Waals surface area contributed by atoms with Gasteiger partial charge in [-0.25, -0.2) is 9.78 Å². The van der Waals surface area contributed by atoms with Gasteiger partial charge in [-0.15, -0.1) is 11.3 Å². The number of esters is 1. The third-order valence-electron chi connectivity index (χ3n) is 3.87. The van der Waals surface area contributed by atoms with Crippen LogP contribution in [-0.4, -0.2) is 46.4 Å². The summed E-state index contributed by atoms with van der Waals surface area (Å²) in [4.78, 5) is 41.4. The summed E-state index contributed by atoms with van der Waals surface area (Å²) in [7, 11) is 1.67. The van der Waals surface area contributed by atoms with Crippen molar-refractivity contribution in [3.05, 3.63) is 16.1 Å². The molecular weight excluding hydrogens is 368 g/mol. The molecule has 1 rings (SSSR count).